The number of carbonyl (C=O) groups is 2. The molecule has 164 valence electrons. The summed E-state index contributed by atoms with van der Waals surface area (Å²) in [5.41, 5.74) is 2.45. The van der Waals surface area contributed by atoms with Crippen molar-refractivity contribution in [1.82, 2.24) is 10.6 Å². The van der Waals surface area contributed by atoms with Crippen LogP contribution in [0, 0.1) is 0 Å². The van der Waals surface area contributed by atoms with Crippen molar-refractivity contribution >= 4 is 17.9 Å². The van der Waals surface area contributed by atoms with Crippen LogP contribution in [0.4, 0.5) is 0 Å². The molecule has 0 bridgehead atoms. The number of hydrogen-bond acceptors (Lipinski definition) is 4. The molecule has 0 aliphatic heterocycles. The molecule has 0 aromatic heterocycles. The third-order valence-electron chi connectivity index (χ3n) is 4.82. The highest BCUT2D eigenvalue weighted by molar-refractivity contribution is 6.21. The zero-order chi connectivity index (χ0) is 22.8. The molecule has 0 atom stereocenters. The Kier molecular flexibility index (Phi) is 8.03. The second-order valence-corrected chi connectivity index (χ2v) is 7.00. The van der Waals surface area contributed by atoms with Gasteiger partial charge in [-0.15, -0.1) is 0 Å². The van der Waals surface area contributed by atoms with Gasteiger partial charge in [0.2, 0.25) is 0 Å². The Morgan fingerprint density at radius 2 is 1.28 bits per heavy atom. The summed E-state index contributed by atoms with van der Waals surface area (Å²) in [6.45, 7) is 0.617. The largest absolute Gasteiger partial charge is 0.497 e. The molecule has 2 amide bonds. The lowest BCUT2D eigenvalue weighted by Gasteiger charge is -2.12. The Bertz CT molecular complexity index is 1020. The summed E-state index contributed by atoms with van der Waals surface area (Å²) < 4.78 is 10.6. The van der Waals surface area contributed by atoms with Gasteiger partial charge in [0.05, 0.1) is 14.2 Å². The fraction of sp³-hybridized carbons (Fsp3) is 0.154. The van der Waals surface area contributed by atoms with Gasteiger partial charge in [-0.05, 0) is 29.3 Å². The molecular weight excluding hydrogens is 404 g/mol. The maximum atomic E-state index is 13.0. The molecule has 0 aliphatic rings. The van der Waals surface area contributed by atoms with Crippen LogP contribution in [0.2, 0.25) is 0 Å². The molecule has 0 saturated heterocycles. The van der Waals surface area contributed by atoms with Crippen LogP contribution in [0.25, 0.3) is 6.08 Å². The van der Waals surface area contributed by atoms with Crippen LogP contribution in [0.15, 0.2) is 84.4 Å². The standard InChI is InChI=1S/C26H26N2O4/c1-31-22-14-13-21(24(16-22)32-2)15-23(25(29)27-17-19-9-5-3-6-10-19)26(30)28-18-20-11-7-4-8-12-20/h3-16H,17-18H2,1-2H3,(H,27,29)(H,28,30). The molecule has 2 N–H and O–H groups in total. The van der Waals surface area contributed by atoms with Crippen molar-refractivity contribution in [3.63, 3.8) is 0 Å². The average molecular weight is 431 g/mol. The topological polar surface area (TPSA) is 76.7 Å². The predicted molar refractivity (Wildman–Crippen MR) is 124 cm³/mol. The van der Waals surface area contributed by atoms with E-state index in [1.54, 1.807) is 25.3 Å². The van der Waals surface area contributed by atoms with Crippen LogP contribution in [0.1, 0.15) is 16.7 Å². The number of methoxy groups -OCH3 is 2. The molecule has 0 aliphatic carbocycles. The van der Waals surface area contributed by atoms with Gasteiger partial charge in [-0.3, -0.25) is 9.59 Å². The van der Waals surface area contributed by atoms with E-state index in [9.17, 15) is 9.59 Å². The lowest BCUT2D eigenvalue weighted by molar-refractivity contribution is -0.123. The Labute approximate surface area is 187 Å². The zero-order valence-corrected chi connectivity index (χ0v) is 18.1. The van der Waals surface area contributed by atoms with E-state index in [2.05, 4.69) is 10.6 Å². The van der Waals surface area contributed by atoms with Crippen molar-refractivity contribution in [2.75, 3.05) is 14.2 Å². The minimum absolute atomic E-state index is 0.0136. The van der Waals surface area contributed by atoms with Crippen LogP contribution >= 0.6 is 0 Å². The molecular formula is C26H26N2O4. The van der Waals surface area contributed by atoms with E-state index in [-0.39, 0.29) is 5.57 Å². The number of benzene rings is 3. The maximum Gasteiger partial charge on any atom is 0.257 e. The predicted octanol–water partition coefficient (Wildman–Crippen LogP) is 3.72. The van der Waals surface area contributed by atoms with Gasteiger partial charge in [0, 0.05) is 24.7 Å². The van der Waals surface area contributed by atoms with Gasteiger partial charge in [0.25, 0.3) is 11.8 Å². The second-order valence-electron chi connectivity index (χ2n) is 7.00. The molecule has 32 heavy (non-hydrogen) atoms. The Hall–Kier alpha value is -4.06. The minimum atomic E-state index is -0.475. The normalized spacial score (nSPS) is 10.1. The van der Waals surface area contributed by atoms with Crippen molar-refractivity contribution in [2.45, 2.75) is 13.1 Å². The molecule has 3 rings (SSSR count). The van der Waals surface area contributed by atoms with Crippen molar-refractivity contribution < 1.29 is 19.1 Å². The number of nitrogens with one attached hydrogen (secondary N) is 2. The number of rotatable bonds is 9. The van der Waals surface area contributed by atoms with Gasteiger partial charge in [0.15, 0.2) is 0 Å². The number of hydrogen-bond donors (Lipinski definition) is 2. The van der Waals surface area contributed by atoms with Crippen molar-refractivity contribution in [3.8, 4) is 11.5 Å². The Balaban J connectivity index is 1.85. The lowest BCUT2D eigenvalue weighted by atomic mass is 10.1. The van der Waals surface area contributed by atoms with Crippen LogP contribution in [0.3, 0.4) is 0 Å². The SMILES string of the molecule is COc1ccc(C=C(C(=O)NCc2ccccc2)C(=O)NCc2ccccc2)c(OC)c1. The fourth-order valence-electron chi connectivity index (χ4n) is 3.07. The number of ether oxygens (including phenoxy) is 2. The van der Waals surface area contributed by atoms with Crippen molar-refractivity contribution in [3.05, 3.63) is 101 Å². The quantitative estimate of drug-likeness (QED) is 0.308. The molecule has 6 heteroatoms. The van der Waals surface area contributed by atoms with Crippen LogP contribution < -0.4 is 20.1 Å². The first-order valence-electron chi connectivity index (χ1n) is 10.2. The van der Waals surface area contributed by atoms with E-state index < -0.39 is 11.8 Å². The first kappa shape index (κ1) is 22.6. The van der Waals surface area contributed by atoms with Crippen LogP contribution in [-0.4, -0.2) is 26.0 Å². The van der Waals surface area contributed by atoms with Crippen molar-refractivity contribution in [2.24, 2.45) is 0 Å². The maximum absolute atomic E-state index is 13.0. The summed E-state index contributed by atoms with van der Waals surface area (Å²) in [5, 5.41) is 5.65. The van der Waals surface area contributed by atoms with Crippen LogP contribution in [-0.2, 0) is 22.7 Å². The Morgan fingerprint density at radius 1 is 0.750 bits per heavy atom. The lowest BCUT2D eigenvalue weighted by Crippen LogP contribution is -2.34. The molecule has 0 fully saturated rings. The summed E-state index contributed by atoms with van der Waals surface area (Å²) in [5.74, 6) is 0.158. The monoisotopic (exact) mass is 430 g/mol. The molecule has 0 spiro atoms. The smallest absolute Gasteiger partial charge is 0.257 e. The summed E-state index contributed by atoms with van der Waals surface area (Å²) >= 11 is 0. The molecule has 0 heterocycles. The van der Waals surface area contributed by atoms with Gasteiger partial charge in [-0.25, -0.2) is 0 Å². The number of amides is 2. The first-order valence-corrected chi connectivity index (χ1v) is 10.2. The molecule has 0 radical (unpaired) electrons. The van der Waals surface area contributed by atoms with Crippen LogP contribution in [0.5, 0.6) is 11.5 Å². The molecule has 0 unspecified atom stereocenters. The summed E-state index contributed by atoms with van der Waals surface area (Å²) in [4.78, 5) is 26.0. The van der Waals surface area contributed by atoms with E-state index in [0.29, 0.717) is 30.2 Å². The third kappa shape index (κ3) is 6.22. The second kappa shape index (κ2) is 11.4. The van der Waals surface area contributed by atoms with Gasteiger partial charge in [-0.1, -0.05) is 60.7 Å². The molecule has 0 saturated carbocycles. The van der Waals surface area contributed by atoms with E-state index in [1.807, 2.05) is 60.7 Å². The van der Waals surface area contributed by atoms with Gasteiger partial charge >= 0.3 is 0 Å². The molecule has 6 nitrogen and oxygen atoms in total. The van der Waals surface area contributed by atoms with E-state index in [4.69, 9.17) is 9.47 Å². The minimum Gasteiger partial charge on any atom is -0.497 e. The molecule has 3 aromatic carbocycles. The Morgan fingerprint density at radius 3 is 1.75 bits per heavy atom. The number of carbonyl (C=O) groups excluding carboxylic acids is 2. The highest BCUT2D eigenvalue weighted by Gasteiger charge is 2.19. The van der Waals surface area contributed by atoms with E-state index >= 15 is 0 Å². The summed E-state index contributed by atoms with van der Waals surface area (Å²) in [6, 6.07) is 24.2. The van der Waals surface area contributed by atoms with Gasteiger partial charge < -0.3 is 20.1 Å². The van der Waals surface area contributed by atoms with Crippen molar-refractivity contribution in [1.29, 1.82) is 0 Å². The fourth-order valence-corrected chi connectivity index (χ4v) is 3.07. The highest BCUT2D eigenvalue weighted by atomic mass is 16.5. The average Bonchev–Trinajstić information content (AvgIpc) is 2.85. The van der Waals surface area contributed by atoms with E-state index in [0.717, 1.165) is 11.1 Å². The van der Waals surface area contributed by atoms with Gasteiger partial charge in [0.1, 0.15) is 17.1 Å². The third-order valence-corrected chi connectivity index (χ3v) is 4.82. The highest BCUT2D eigenvalue weighted by Crippen LogP contribution is 2.26. The zero-order valence-electron chi connectivity index (χ0n) is 18.1. The van der Waals surface area contributed by atoms with Gasteiger partial charge in [-0.2, -0.15) is 0 Å². The summed E-state index contributed by atoms with van der Waals surface area (Å²) in [7, 11) is 3.08. The van der Waals surface area contributed by atoms with E-state index in [1.165, 1.54) is 13.2 Å². The first-order chi connectivity index (χ1) is 15.6. The molecule has 3 aromatic rings. The summed E-state index contributed by atoms with van der Waals surface area (Å²) in [6.07, 6.45) is 1.53.